The van der Waals surface area contributed by atoms with Crippen LogP contribution in [0, 0.1) is 10.1 Å². The monoisotopic (exact) mass is 338 g/mol. The van der Waals surface area contributed by atoms with Crippen LogP contribution in [0.2, 0.25) is 0 Å². The van der Waals surface area contributed by atoms with Crippen LogP contribution in [-0.4, -0.2) is 27.6 Å². The van der Waals surface area contributed by atoms with Crippen molar-refractivity contribution in [3.05, 3.63) is 52.6 Å². The Morgan fingerprint density at radius 1 is 1.04 bits per heavy atom. The molecule has 9 heteroatoms. The van der Waals surface area contributed by atoms with Crippen molar-refractivity contribution < 1.29 is 22.8 Å². The number of sulfonamides is 1. The first-order valence-corrected chi connectivity index (χ1v) is 7.85. The van der Waals surface area contributed by atoms with E-state index in [4.69, 9.17) is 9.47 Å². The Morgan fingerprint density at radius 2 is 1.70 bits per heavy atom. The van der Waals surface area contributed by atoms with Gasteiger partial charge in [-0.05, 0) is 30.3 Å². The van der Waals surface area contributed by atoms with Crippen molar-refractivity contribution in [2.24, 2.45) is 0 Å². The second-order valence-electron chi connectivity index (χ2n) is 4.43. The lowest BCUT2D eigenvalue weighted by Gasteiger charge is -2.11. The Kier molecular flexibility index (Phi) is 4.70. The predicted octanol–water partition coefficient (Wildman–Crippen LogP) is 2.41. The van der Waals surface area contributed by atoms with E-state index in [1.807, 2.05) is 0 Å². The minimum atomic E-state index is -3.96. The smallest absolute Gasteiger partial charge is 0.273 e. The molecule has 122 valence electrons. The number of hydrogen-bond acceptors (Lipinski definition) is 6. The van der Waals surface area contributed by atoms with Gasteiger partial charge in [-0.15, -0.1) is 0 Å². The van der Waals surface area contributed by atoms with E-state index in [1.165, 1.54) is 26.4 Å². The Morgan fingerprint density at radius 3 is 2.22 bits per heavy atom. The number of anilines is 1. The maximum Gasteiger partial charge on any atom is 0.273 e. The molecule has 0 saturated carbocycles. The van der Waals surface area contributed by atoms with Crippen LogP contribution in [0.1, 0.15) is 0 Å². The maximum absolute atomic E-state index is 12.4. The van der Waals surface area contributed by atoms with Crippen molar-refractivity contribution in [2.45, 2.75) is 4.90 Å². The van der Waals surface area contributed by atoms with Gasteiger partial charge in [-0.2, -0.15) is 0 Å². The van der Waals surface area contributed by atoms with Crippen molar-refractivity contribution in [3.8, 4) is 11.5 Å². The summed E-state index contributed by atoms with van der Waals surface area (Å²) in [5.41, 5.74) is 0.0662. The lowest BCUT2D eigenvalue weighted by Crippen LogP contribution is -2.14. The van der Waals surface area contributed by atoms with Gasteiger partial charge in [-0.25, -0.2) is 8.42 Å². The molecule has 0 spiro atoms. The number of ether oxygens (including phenoxy) is 2. The van der Waals surface area contributed by atoms with Crippen LogP contribution in [0.25, 0.3) is 0 Å². The lowest BCUT2D eigenvalue weighted by molar-refractivity contribution is -0.385. The number of hydrogen-bond donors (Lipinski definition) is 1. The second-order valence-corrected chi connectivity index (χ2v) is 6.08. The summed E-state index contributed by atoms with van der Waals surface area (Å²) in [5, 5.41) is 10.8. The molecule has 0 saturated heterocycles. The number of nitro groups is 1. The molecule has 0 bridgehead atoms. The topological polar surface area (TPSA) is 108 Å². The summed E-state index contributed by atoms with van der Waals surface area (Å²) in [7, 11) is -1.21. The van der Waals surface area contributed by atoms with Crippen molar-refractivity contribution in [1.29, 1.82) is 0 Å². The molecule has 0 aliphatic carbocycles. The standard InChI is InChI=1S/C14H14N2O6S/c1-21-12-6-3-10(4-7-12)15-23(19,20)14-8-5-11(16(17)18)9-13(14)22-2/h3-9,15H,1-2H3. The Hall–Kier alpha value is -2.81. The third kappa shape index (κ3) is 3.69. The maximum atomic E-state index is 12.4. The molecule has 0 unspecified atom stereocenters. The van der Waals surface area contributed by atoms with Gasteiger partial charge in [0.1, 0.15) is 16.4 Å². The molecule has 0 aromatic heterocycles. The van der Waals surface area contributed by atoms with Gasteiger partial charge in [0.05, 0.1) is 25.2 Å². The molecule has 1 N–H and O–H groups in total. The predicted molar refractivity (Wildman–Crippen MR) is 83.5 cm³/mol. The first-order valence-electron chi connectivity index (χ1n) is 6.36. The zero-order valence-corrected chi connectivity index (χ0v) is 13.2. The number of nitrogens with one attached hydrogen (secondary N) is 1. The molecule has 0 heterocycles. The summed E-state index contributed by atoms with van der Waals surface area (Å²) in [6.45, 7) is 0. The molecular formula is C14H14N2O6S. The first-order chi connectivity index (χ1) is 10.9. The zero-order chi connectivity index (χ0) is 17.0. The van der Waals surface area contributed by atoms with Gasteiger partial charge in [0.2, 0.25) is 0 Å². The molecule has 0 atom stereocenters. The number of rotatable bonds is 6. The van der Waals surface area contributed by atoms with Crippen LogP contribution in [0.3, 0.4) is 0 Å². The lowest BCUT2D eigenvalue weighted by atomic mass is 10.3. The molecule has 0 radical (unpaired) electrons. The third-order valence-corrected chi connectivity index (χ3v) is 4.41. The fourth-order valence-electron chi connectivity index (χ4n) is 1.86. The molecule has 2 aromatic carbocycles. The Labute approximate surface area is 132 Å². The SMILES string of the molecule is COc1ccc(NS(=O)(=O)c2ccc([N+](=O)[O-])cc2OC)cc1. The third-order valence-electron chi connectivity index (χ3n) is 2.99. The molecule has 0 fully saturated rings. The highest BCUT2D eigenvalue weighted by molar-refractivity contribution is 7.92. The van der Waals surface area contributed by atoms with Crippen LogP contribution in [0.4, 0.5) is 11.4 Å². The highest BCUT2D eigenvalue weighted by Gasteiger charge is 2.22. The summed E-state index contributed by atoms with van der Waals surface area (Å²) in [5.74, 6) is 0.473. The molecule has 0 aliphatic rings. The number of nitro benzene ring substituents is 1. The van der Waals surface area contributed by atoms with Gasteiger partial charge in [0, 0.05) is 11.8 Å². The summed E-state index contributed by atoms with van der Waals surface area (Å²) < 4.78 is 37.2. The molecule has 2 aromatic rings. The summed E-state index contributed by atoms with van der Waals surface area (Å²) in [4.78, 5) is 9.93. The first kappa shape index (κ1) is 16.6. The molecule has 2 rings (SSSR count). The average molecular weight is 338 g/mol. The largest absolute Gasteiger partial charge is 0.497 e. The molecular weight excluding hydrogens is 324 g/mol. The van der Waals surface area contributed by atoms with Crippen molar-refractivity contribution >= 4 is 21.4 Å². The zero-order valence-electron chi connectivity index (χ0n) is 12.3. The van der Waals surface area contributed by atoms with Crippen LogP contribution >= 0.6 is 0 Å². The van der Waals surface area contributed by atoms with Crippen LogP contribution in [0.5, 0.6) is 11.5 Å². The van der Waals surface area contributed by atoms with Gasteiger partial charge in [0.25, 0.3) is 15.7 Å². The normalized spacial score (nSPS) is 10.9. The van der Waals surface area contributed by atoms with Gasteiger partial charge in [-0.1, -0.05) is 0 Å². The number of methoxy groups -OCH3 is 2. The molecule has 0 aliphatic heterocycles. The highest BCUT2D eigenvalue weighted by atomic mass is 32.2. The summed E-state index contributed by atoms with van der Waals surface area (Å²) >= 11 is 0. The fraction of sp³-hybridized carbons (Fsp3) is 0.143. The van der Waals surface area contributed by atoms with E-state index < -0.39 is 14.9 Å². The summed E-state index contributed by atoms with van der Waals surface area (Å²) in [6, 6.07) is 9.56. The number of non-ortho nitro benzene ring substituents is 1. The molecule has 0 amide bonds. The van der Waals surface area contributed by atoms with E-state index in [0.29, 0.717) is 11.4 Å². The van der Waals surface area contributed by atoms with Gasteiger partial charge < -0.3 is 9.47 Å². The van der Waals surface area contributed by atoms with E-state index in [0.717, 1.165) is 18.2 Å². The second kappa shape index (κ2) is 6.53. The van der Waals surface area contributed by atoms with Gasteiger partial charge in [0.15, 0.2) is 0 Å². The van der Waals surface area contributed by atoms with Crippen molar-refractivity contribution in [1.82, 2.24) is 0 Å². The highest BCUT2D eigenvalue weighted by Crippen LogP contribution is 2.30. The van der Waals surface area contributed by atoms with E-state index in [1.54, 1.807) is 12.1 Å². The Bertz CT molecular complexity index is 818. The molecule has 23 heavy (non-hydrogen) atoms. The Balaban J connectivity index is 2.36. The average Bonchev–Trinajstić information content (AvgIpc) is 2.54. The molecule has 8 nitrogen and oxygen atoms in total. The number of nitrogens with zero attached hydrogens (tertiary/aromatic N) is 1. The van der Waals surface area contributed by atoms with E-state index in [-0.39, 0.29) is 16.3 Å². The summed E-state index contributed by atoms with van der Waals surface area (Å²) in [6.07, 6.45) is 0. The minimum absolute atomic E-state index is 0.111. The van der Waals surface area contributed by atoms with Crippen LogP contribution < -0.4 is 14.2 Å². The van der Waals surface area contributed by atoms with E-state index in [2.05, 4.69) is 4.72 Å². The van der Waals surface area contributed by atoms with Crippen LogP contribution in [0.15, 0.2) is 47.4 Å². The number of benzene rings is 2. The van der Waals surface area contributed by atoms with E-state index >= 15 is 0 Å². The fourth-order valence-corrected chi connectivity index (χ4v) is 3.07. The van der Waals surface area contributed by atoms with Crippen LogP contribution in [-0.2, 0) is 10.0 Å². The van der Waals surface area contributed by atoms with Crippen molar-refractivity contribution in [2.75, 3.05) is 18.9 Å². The quantitative estimate of drug-likeness (QED) is 0.640. The minimum Gasteiger partial charge on any atom is -0.497 e. The van der Waals surface area contributed by atoms with E-state index in [9.17, 15) is 18.5 Å². The van der Waals surface area contributed by atoms with Gasteiger partial charge >= 0.3 is 0 Å². The van der Waals surface area contributed by atoms with Crippen molar-refractivity contribution in [3.63, 3.8) is 0 Å². The van der Waals surface area contributed by atoms with Gasteiger partial charge in [-0.3, -0.25) is 14.8 Å².